The molecule has 1 unspecified atom stereocenters. The molecule has 3 nitrogen and oxygen atoms in total. The van der Waals surface area contributed by atoms with Gasteiger partial charge in [0.05, 0.1) is 6.10 Å². The maximum absolute atomic E-state index is 8.69. The molecule has 3 N–H and O–H groups in total. The lowest BCUT2D eigenvalue weighted by molar-refractivity contribution is 0.0488. The van der Waals surface area contributed by atoms with Crippen LogP contribution in [0, 0.1) is 6.92 Å². The highest BCUT2D eigenvalue weighted by atomic mass is 79.9. The second-order valence-electron chi connectivity index (χ2n) is 3.68. The van der Waals surface area contributed by atoms with E-state index in [9.17, 15) is 0 Å². The summed E-state index contributed by atoms with van der Waals surface area (Å²) in [6, 6.07) is 6.08. The first-order valence-corrected chi connectivity index (χ1v) is 6.17. The van der Waals surface area contributed by atoms with Gasteiger partial charge in [0, 0.05) is 24.2 Å². The normalized spacial score (nSPS) is 12.8. The Kier molecular flexibility index (Phi) is 5.98. The third-order valence-electron chi connectivity index (χ3n) is 2.39. The summed E-state index contributed by atoms with van der Waals surface area (Å²) in [6.07, 6.45) is 0.560. The van der Waals surface area contributed by atoms with Crippen LogP contribution in [0.3, 0.4) is 0 Å². The highest BCUT2D eigenvalue weighted by Crippen LogP contribution is 2.23. The number of aryl methyl sites for hydroxylation is 1. The van der Waals surface area contributed by atoms with Crippen molar-refractivity contribution in [1.29, 1.82) is 0 Å². The zero-order valence-electron chi connectivity index (χ0n) is 9.45. The molecule has 1 rings (SSSR count). The van der Waals surface area contributed by atoms with E-state index in [1.54, 1.807) is 0 Å². The maximum atomic E-state index is 8.69. The summed E-state index contributed by atoms with van der Waals surface area (Å²) in [5, 5.41) is 8.69. The minimum Gasteiger partial charge on any atom is -0.396 e. The number of ether oxygens (including phenoxy) is 1. The van der Waals surface area contributed by atoms with Gasteiger partial charge in [-0.3, -0.25) is 0 Å². The van der Waals surface area contributed by atoms with Crippen LogP contribution in [0.2, 0.25) is 0 Å². The van der Waals surface area contributed by atoms with Gasteiger partial charge < -0.3 is 15.6 Å². The van der Waals surface area contributed by atoms with Gasteiger partial charge in [0.1, 0.15) is 0 Å². The van der Waals surface area contributed by atoms with Crippen molar-refractivity contribution in [2.24, 2.45) is 5.73 Å². The molecule has 0 aliphatic carbocycles. The van der Waals surface area contributed by atoms with E-state index in [2.05, 4.69) is 22.0 Å². The number of rotatable bonds is 6. The van der Waals surface area contributed by atoms with Gasteiger partial charge >= 0.3 is 0 Å². The predicted octanol–water partition coefficient (Wildman–Crippen LogP) is 2.16. The van der Waals surface area contributed by atoms with Crippen molar-refractivity contribution >= 4 is 15.9 Å². The Morgan fingerprint density at radius 2 is 2.25 bits per heavy atom. The topological polar surface area (TPSA) is 55.5 Å². The first-order chi connectivity index (χ1) is 7.69. The van der Waals surface area contributed by atoms with E-state index in [-0.39, 0.29) is 12.7 Å². The van der Waals surface area contributed by atoms with Crippen LogP contribution in [0.15, 0.2) is 22.7 Å². The summed E-state index contributed by atoms with van der Waals surface area (Å²) in [5.41, 5.74) is 7.93. The molecule has 0 bridgehead atoms. The molecular formula is C12H18BrNO2. The lowest BCUT2D eigenvalue weighted by atomic mass is 10.1. The molecule has 0 aliphatic rings. The van der Waals surface area contributed by atoms with Gasteiger partial charge in [-0.15, -0.1) is 0 Å². The van der Waals surface area contributed by atoms with Gasteiger partial charge in [-0.05, 0) is 30.5 Å². The monoisotopic (exact) mass is 287 g/mol. The van der Waals surface area contributed by atoms with Gasteiger partial charge in [-0.1, -0.05) is 28.1 Å². The molecular weight excluding hydrogens is 270 g/mol. The Morgan fingerprint density at radius 1 is 1.50 bits per heavy atom. The van der Waals surface area contributed by atoms with Gasteiger partial charge in [-0.2, -0.15) is 0 Å². The number of nitrogens with two attached hydrogens (primary N) is 1. The van der Waals surface area contributed by atoms with E-state index < -0.39 is 0 Å². The predicted molar refractivity (Wildman–Crippen MR) is 68.3 cm³/mol. The minimum absolute atomic E-state index is 0.0849. The van der Waals surface area contributed by atoms with Crippen LogP contribution in [0.4, 0.5) is 0 Å². The quantitative estimate of drug-likeness (QED) is 0.789. The standard InChI is InChI=1S/C12H18BrNO2/c1-9-7-10(3-4-11(9)13)12(8-14)16-6-2-5-15/h3-4,7,12,15H,2,5-6,8,14H2,1H3. The Balaban J connectivity index is 2.67. The van der Waals surface area contributed by atoms with E-state index in [4.69, 9.17) is 15.6 Å². The second kappa shape index (κ2) is 7.01. The molecule has 0 spiro atoms. The number of benzene rings is 1. The number of hydrogen-bond acceptors (Lipinski definition) is 3. The van der Waals surface area contributed by atoms with E-state index in [0.717, 1.165) is 10.0 Å². The zero-order valence-corrected chi connectivity index (χ0v) is 11.0. The zero-order chi connectivity index (χ0) is 12.0. The smallest absolute Gasteiger partial charge is 0.0947 e. The molecule has 1 aromatic carbocycles. The summed E-state index contributed by atoms with van der Waals surface area (Å²) in [4.78, 5) is 0. The molecule has 0 aliphatic heterocycles. The Bertz CT molecular complexity index is 331. The summed E-state index contributed by atoms with van der Waals surface area (Å²) < 4.78 is 6.70. The van der Waals surface area contributed by atoms with E-state index in [1.807, 2.05) is 19.1 Å². The Labute approximate surface area is 105 Å². The van der Waals surface area contributed by atoms with Crippen molar-refractivity contribution in [2.45, 2.75) is 19.4 Å². The summed E-state index contributed by atoms with van der Waals surface area (Å²) in [5.74, 6) is 0. The van der Waals surface area contributed by atoms with Crippen molar-refractivity contribution < 1.29 is 9.84 Å². The molecule has 16 heavy (non-hydrogen) atoms. The molecule has 90 valence electrons. The fourth-order valence-electron chi connectivity index (χ4n) is 1.46. The lowest BCUT2D eigenvalue weighted by Gasteiger charge is -2.17. The summed E-state index contributed by atoms with van der Waals surface area (Å²) in [7, 11) is 0. The van der Waals surface area contributed by atoms with Crippen molar-refractivity contribution in [3.8, 4) is 0 Å². The van der Waals surface area contributed by atoms with Crippen LogP contribution >= 0.6 is 15.9 Å². The fourth-order valence-corrected chi connectivity index (χ4v) is 1.71. The molecule has 1 atom stereocenters. The molecule has 4 heteroatoms. The third kappa shape index (κ3) is 3.87. The van der Waals surface area contributed by atoms with Crippen LogP contribution in [0.25, 0.3) is 0 Å². The number of halogens is 1. The first-order valence-electron chi connectivity index (χ1n) is 5.37. The van der Waals surface area contributed by atoms with E-state index in [1.165, 1.54) is 5.56 Å². The molecule has 0 fully saturated rings. The molecule has 0 saturated heterocycles. The minimum atomic E-state index is -0.0849. The van der Waals surface area contributed by atoms with E-state index in [0.29, 0.717) is 19.6 Å². The highest BCUT2D eigenvalue weighted by molar-refractivity contribution is 9.10. The van der Waals surface area contributed by atoms with Crippen molar-refractivity contribution in [3.63, 3.8) is 0 Å². The van der Waals surface area contributed by atoms with Crippen molar-refractivity contribution in [2.75, 3.05) is 19.8 Å². The average Bonchev–Trinajstić information content (AvgIpc) is 2.29. The van der Waals surface area contributed by atoms with E-state index >= 15 is 0 Å². The van der Waals surface area contributed by atoms with Crippen LogP contribution in [-0.4, -0.2) is 24.9 Å². The number of aliphatic hydroxyl groups is 1. The molecule has 0 saturated carbocycles. The number of hydrogen-bond donors (Lipinski definition) is 2. The first kappa shape index (κ1) is 13.6. The van der Waals surface area contributed by atoms with Crippen LogP contribution in [0.5, 0.6) is 0 Å². The van der Waals surface area contributed by atoms with Gasteiger partial charge in [0.2, 0.25) is 0 Å². The van der Waals surface area contributed by atoms with Crippen molar-refractivity contribution in [1.82, 2.24) is 0 Å². The molecule has 0 aromatic heterocycles. The average molecular weight is 288 g/mol. The Morgan fingerprint density at radius 3 is 2.81 bits per heavy atom. The largest absolute Gasteiger partial charge is 0.396 e. The summed E-state index contributed by atoms with van der Waals surface area (Å²) in [6.45, 7) is 3.17. The van der Waals surface area contributed by atoms with Gasteiger partial charge in [0.15, 0.2) is 0 Å². The highest BCUT2D eigenvalue weighted by Gasteiger charge is 2.10. The maximum Gasteiger partial charge on any atom is 0.0947 e. The SMILES string of the molecule is Cc1cc(C(CN)OCCCO)ccc1Br. The second-order valence-corrected chi connectivity index (χ2v) is 4.54. The van der Waals surface area contributed by atoms with Gasteiger partial charge in [0.25, 0.3) is 0 Å². The third-order valence-corrected chi connectivity index (χ3v) is 3.28. The molecule has 0 amide bonds. The van der Waals surface area contributed by atoms with Crippen LogP contribution in [0.1, 0.15) is 23.7 Å². The summed E-state index contributed by atoms with van der Waals surface area (Å²) >= 11 is 3.46. The molecule has 1 aromatic rings. The molecule has 0 radical (unpaired) electrons. The Hall–Kier alpha value is -0.420. The van der Waals surface area contributed by atoms with Gasteiger partial charge in [-0.25, -0.2) is 0 Å². The molecule has 0 heterocycles. The van der Waals surface area contributed by atoms with Crippen LogP contribution < -0.4 is 5.73 Å². The fraction of sp³-hybridized carbons (Fsp3) is 0.500. The van der Waals surface area contributed by atoms with Crippen molar-refractivity contribution in [3.05, 3.63) is 33.8 Å². The van der Waals surface area contributed by atoms with Crippen LogP contribution in [-0.2, 0) is 4.74 Å². The number of aliphatic hydroxyl groups excluding tert-OH is 1. The lowest BCUT2D eigenvalue weighted by Crippen LogP contribution is -2.17.